The maximum absolute atomic E-state index is 14.0. The van der Waals surface area contributed by atoms with Crippen molar-refractivity contribution in [3.05, 3.63) is 64.9 Å². The summed E-state index contributed by atoms with van der Waals surface area (Å²) in [4.78, 5) is 38.2. The number of carbonyl (C=O) groups is 3. The smallest absolute Gasteiger partial charge is 0.307 e. The summed E-state index contributed by atoms with van der Waals surface area (Å²) in [5, 5.41) is 3.34. The number of esters is 1. The lowest BCUT2D eigenvalue weighted by atomic mass is 10.0. The van der Waals surface area contributed by atoms with Crippen LogP contribution in [0.3, 0.4) is 0 Å². The monoisotopic (exact) mass is 418 g/mol. The first-order valence-electron chi connectivity index (χ1n) is 9.06. The maximum Gasteiger partial charge on any atom is 0.307 e. The van der Waals surface area contributed by atoms with Gasteiger partial charge in [-0.05, 0) is 29.8 Å². The normalized spacial score (nSPS) is 17.1. The van der Waals surface area contributed by atoms with Gasteiger partial charge in [0.2, 0.25) is 11.8 Å². The Balaban J connectivity index is 1.74. The number of nitrogens with zero attached hydrogens (tertiary/aromatic N) is 1. The first kappa shape index (κ1) is 20.8. The van der Waals surface area contributed by atoms with Crippen molar-refractivity contribution in [1.29, 1.82) is 0 Å². The van der Waals surface area contributed by atoms with E-state index in [0.29, 0.717) is 10.6 Å². The molecule has 152 valence electrons. The summed E-state index contributed by atoms with van der Waals surface area (Å²) >= 11 is 5.91. The largest absolute Gasteiger partial charge is 0.469 e. The lowest BCUT2D eigenvalue weighted by Crippen LogP contribution is -2.36. The highest BCUT2D eigenvalue weighted by Crippen LogP contribution is 2.28. The number of hydrogen-bond donors (Lipinski definition) is 1. The summed E-state index contributed by atoms with van der Waals surface area (Å²) in [5.41, 5.74) is 0.833. The van der Waals surface area contributed by atoms with E-state index < -0.39 is 23.7 Å². The van der Waals surface area contributed by atoms with Gasteiger partial charge in [-0.15, -0.1) is 0 Å². The minimum atomic E-state index is -0.658. The van der Waals surface area contributed by atoms with Crippen LogP contribution in [-0.4, -0.2) is 31.4 Å². The molecular formula is C21H20ClFN2O4. The summed E-state index contributed by atoms with van der Waals surface area (Å²) in [6.45, 7) is 0.0666. The zero-order chi connectivity index (χ0) is 21.0. The van der Waals surface area contributed by atoms with E-state index in [4.69, 9.17) is 16.3 Å². The average Bonchev–Trinajstić information content (AvgIpc) is 3.10. The molecule has 1 fully saturated rings. The number of para-hydroxylation sites is 1. The molecule has 0 aliphatic carbocycles. The molecule has 0 bridgehead atoms. The van der Waals surface area contributed by atoms with E-state index in [9.17, 15) is 18.8 Å². The van der Waals surface area contributed by atoms with Gasteiger partial charge >= 0.3 is 5.97 Å². The molecule has 0 spiro atoms. The van der Waals surface area contributed by atoms with Crippen LogP contribution in [0.15, 0.2) is 48.5 Å². The average molecular weight is 419 g/mol. The van der Waals surface area contributed by atoms with Crippen LogP contribution in [0.5, 0.6) is 0 Å². The SMILES string of the molecule is COC(=O)CC(NC(=O)C1CC(=O)N(c2ccccc2F)C1)c1ccc(Cl)cc1. The Bertz CT molecular complexity index is 919. The number of amides is 2. The number of rotatable bonds is 6. The van der Waals surface area contributed by atoms with Crippen LogP contribution >= 0.6 is 11.6 Å². The van der Waals surface area contributed by atoms with Crippen LogP contribution in [0.4, 0.5) is 10.1 Å². The molecule has 0 radical (unpaired) electrons. The minimum absolute atomic E-state index is 0.0360. The third-order valence-corrected chi connectivity index (χ3v) is 5.08. The topological polar surface area (TPSA) is 75.7 Å². The van der Waals surface area contributed by atoms with Gasteiger partial charge in [-0.25, -0.2) is 4.39 Å². The van der Waals surface area contributed by atoms with E-state index in [0.717, 1.165) is 0 Å². The van der Waals surface area contributed by atoms with Crippen molar-refractivity contribution in [2.24, 2.45) is 5.92 Å². The summed E-state index contributed by atoms with van der Waals surface area (Å²) in [5.74, 6) is -2.38. The van der Waals surface area contributed by atoms with Gasteiger partial charge in [0.05, 0.1) is 31.2 Å². The Morgan fingerprint density at radius 1 is 1.24 bits per heavy atom. The van der Waals surface area contributed by atoms with Crippen molar-refractivity contribution in [2.45, 2.75) is 18.9 Å². The van der Waals surface area contributed by atoms with E-state index in [1.807, 2.05) is 0 Å². The molecule has 2 atom stereocenters. The van der Waals surface area contributed by atoms with Gasteiger partial charge in [0.1, 0.15) is 5.82 Å². The van der Waals surface area contributed by atoms with E-state index in [2.05, 4.69) is 5.32 Å². The molecule has 2 aromatic carbocycles. The molecule has 0 aromatic heterocycles. The number of carbonyl (C=O) groups excluding carboxylic acids is 3. The Hall–Kier alpha value is -2.93. The summed E-state index contributed by atoms with van der Waals surface area (Å²) in [6.07, 6.45) is -0.104. The number of benzene rings is 2. The second kappa shape index (κ2) is 9.05. The molecule has 1 N–H and O–H groups in total. The molecule has 6 nitrogen and oxygen atoms in total. The van der Waals surface area contributed by atoms with E-state index in [-0.39, 0.29) is 36.9 Å². The standard InChI is InChI=1S/C21H20ClFN2O4/c1-29-20(27)11-17(13-6-8-15(22)9-7-13)24-21(28)14-10-19(26)25(12-14)18-5-3-2-4-16(18)23/h2-9,14,17H,10-12H2,1H3,(H,24,28). The second-order valence-electron chi connectivity index (χ2n) is 6.75. The van der Waals surface area contributed by atoms with Crippen molar-refractivity contribution in [3.63, 3.8) is 0 Å². The first-order chi connectivity index (χ1) is 13.9. The van der Waals surface area contributed by atoms with Crippen molar-refractivity contribution >= 4 is 35.1 Å². The Kier molecular flexibility index (Phi) is 6.49. The van der Waals surface area contributed by atoms with E-state index in [1.165, 1.54) is 30.2 Å². The Morgan fingerprint density at radius 2 is 1.93 bits per heavy atom. The van der Waals surface area contributed by atoms with Crippen molar-refractivity contribution in [2.75, 3.05) is 18.6 Å². The van der Waals surface area contributed by atoms with Gasteiger partial charge in [-0.2, -0.15) is 0 Å². The van der Waals surface area contributed by atoms with Gasteiger partial charge in [0, 0.05) is 18.0 Å². The predicted molar refractivity (Wildman–Crippen MR) is 106 cm³/mol. The van der Waals surface area contributed by atoms with Crippen LogP contribution in [0.25, 0.3) is 0 Å². The second-order valence-corrected chi connectivity index (χ2v) is 7.19. The van der Waals surface area contributed by atoms with Crippen molar-refractivity contribution < 1.29 is 23.5 Å². The molecule has 1 heterocycles. The molecule has 3 rings (SSSR count). The van der Waals surface area contributed by atoms with Crippen LogP contribution in [0.2, 0.25) is 5.02 Å². The fourth-order valence-electron chi connectivity index (χ4n) is 3.27. The molecule has 1 aliphatic rings. The number of hydrogen-bond acceptors (Lipinski definition) is 4. The minimum Gasteiger partial charge on any atom is -0.469 e. The van der Waals surface area contributed by atoms with E-state index >= 15 is 0 Å². The van der Waals surface area contributed by atoms with Gasteiger partial charge in [-0.1, -0.05) is 35.9 Å². The first-order valence-corrected chi connectivity index (χ1v) is 9.44. The number of halogens is 2. The highest BCUT2D eigenvalue weighted by molar-refractivity contribution is 6.30. The summed E-state index contributed by atoms with van der Waals surface area (Å²) in [6, 6.07) is 12.0. The number of nitrogens with one attached hydrogen (secondary N) is 1. The lowest BCUT2D eigenvalue weighted by molar-refractivity contribution is -0.141. The highest BCUT2D eigenvalue weighted by atomic mass is 35.5. The van der Waals surface area contributed by atoms with Gasteiger partial charge in [0.15, 0.2) is 0 Å². The molecule has 29 heavy (non-hydrogen) atoms. The fraction of sp³-hybridized carbons (Fsp3) is 0.286. The van der Waals surface area contributed by atoms with Crippen LogP contribution in [-0.2, 0) is 19.1 Å². The van der Waals surface area contributed by atoms with Crippen molar-refractivity contribution in [1.82, 2.24) is 5.32 Å². The number of ether oxygens (including phenoxy) is 1. The van der Waals surface area contributed by atoms with Gasteiger partial charge in [0.25, 0.3) is 0 Å². The Morgan fingerprint density at radius 3 is 2.59 bits per heavy atom. The summed E-state index contributed by atoms with van der Waals surface area (Å²) in [7, 11) is 1.27. The molecule has 8 heteroatoms. The van der Waals surface area contributed by atoms with Crippen LogP contribution in [0, 0.1) is 11.7 Å². The zero-order valence-corrected chi connectivity index (χ0v) is 16.5. The molecule has 0 saturated carbocycles. The molecule has 1 saturated heterocycles. The Labute approximate surface area is 172 Å². The molecule has 2 amide bonds. The number of anilines is 1. The van der Waals surface area contributed by atoms with Gasteiger partial charge < -0.3 is 15.0 Å². The van der Waals surface area contributed by atoms with E-state index in [1.54, 1.807) is 30.3 Å². The fourth-order valence-corrected chi connectivity index (χ4v) is 3.40. The lowest BCUT2D eigenvalue weighted by Gasteiger charge is -2.21. The predicted octanol–water partition coefficient (Wildman–Crippen LogP) is 3.25. The zero-order valence-electron chi connectivity index (χ0n) is 15.7. The van der Waals surface area contributed by atoms with Crippen LogP contribution in [0.1, 0.15) is 24.4 Å². The van der Waals surface area contributed by atoms with Crippen molar-refractivity contribution in [3.8, 4) is 0 Å². The van der Waals surface area contributed by atoms with Gasteiger partial charge in [-0.3, -0.25) is 14.4 Å². The quantitative estimate of drug-likeness (QED) is 0.731. The molecule has 2 aromatic rings. The molecule has 2 unspecified atom stereocenters. The summed E-state index contributed by atoms with van der Waals surface area (Å²) < 4.78 is 18.8. The number of methoxy groups -OCH3 is 1. The maximum atomic E-state index is 14.0. The molecule has 1 aliphatic heterocycles. The highest BCUT2D eigenvalue weighted by Gasteiger charge is 2.37. The van der Waals surface area contributed by atoms with Crippen LogP contribution < -0.4 is 10.2 Å². The third kappa shape index (κ3) is 4.92. The third-order valence-electron chi connectivity index (χ3n) is 4.83. The molecular weight excluding hydrogens is 399 g/mol.